The fraction of sp³-hybridized carbons (Fsp3) is 0.533. The Morgan fingerprint density at radius 3 is 2.32 bits per heavy atom. The van der Waals surface area contributed by atoms with Gasteiger partial charge in [0, 0.05) is 5.54 Å². The molecule has 1 rings (SSSR count). The van der Waals surface area contributed by atoms with Gasteiger partial charge in [-0.15, -0.1) is 0 Å². The molecule has 0 aliphatic heterocycles. The Hall–Kier alpha value is -1.71. The molecule has 3 N–H and O–H groups in total. The minimum atomic E-state index is -0.0669. The molecule has 0 bridgehead atoms. The highest BCUT2D eigenvalue weighted by Crippen LogP contribution is 2.14. The molecule has 4 nitrogen and oxygen atoms in total. The third-order valence-corrected chi connectivity index (χ3v) is 2.23. The molecule has 1 aromatic rings. The van der Waals surface area contributed by atoms with Gasteiger partial charge >= 0.3 is 0 Å². The van der Waals surface area contributed by atoms with Crippen molar-refractivity contribution in [2.75, 3.05) is 0 Å². The quantitative estimate of drug-likeness (QED) is 0.648. The summed E-state index contributed by atoms with van der Waals surface area (Å²) in [5.74, 6) is 1.35. The summed E-state index contributed by atoms with van der Waals surface area (Å²) in [5, 5.41) is 3.13. The standard InChI is InChI=1S/C15H25N3O/c1-11(2)19-13-8-6-12(7-9-13)10-17-14(16)18-15(3,4)5/h6-9,11H,10H2,1-5H3,(H3,16,17,18). The fourth-order valence-corrected chi connectivity index (χ4v) is 1.55. The van der Waals surface area contributed by atoms with Gasteiger partial charge in [0.1, 0.15) is 5.75 Å². The Morgan fingerprint density at radius 2 is 1.84 bits per heavy atom. The third kappa shape index (κ3) is 6.70. The second-order valence-corrected chi connectivity index (χ2v) is 5.89. The van der Waals surface area contributed by atoms with Gasteiger partial charge in [-0.1, -0.05) is 12.1 Å². The van der Waals surface area contributed by atoms with Crippen LogP contribution in [0.3, 0.4) is 0 Å². The average molecular weight is 263 g/mol. The Morgan fingerprint density at radius 1 is 1.26 bits per heavy atom. The molecule has 0 saturated heterocycles. The maximum atomic E-state index is 5.82. The van der Waals surface area contributed by atoms with Crippen molar-refractivity contribution in [3.05, 3.63) is 29.8 Å². The topological polar surface area (TPSA) is 59.6 Å². The van der Waals surface area contributed by atoms with Crippen LogP contribution < -0.4 is 15.8 Å². The number of hydrogen-bond donors (Lipinski definition) is 2. The van der Waals surface area contributed by atoms with E-state index in [1.54, 1.807) is 0 Å². The van der Waals surface area contributed by atoms with Crippen LogP contribution in [0.15, 0.2) is 29.3 Å². The van der Waals surface area contributed by atoms with E-state index >= 15 is 0 Å². The molecule has 1 aromatic carbocycles. The number of ether oxygens (including phenoxy) is 1. The van der Waals surface area contributed by atoms with Crippen LogP contribution >= 0.6 is 0 Å². The van der Waals surface area contributed by atoms with E-state index in [9.17, 15) is 0 Å². The minimum Gasteiger partial charge on any atom is -0.491 e. The Labute approximate surface area is 116 Å². The monoisotopic (exact) mass is 263 g/mol. The van der Waals surface area contributed by atoms with Crippen LogP contribution in [0.1, 0.15) is 40.2 Å². The molecule has 0 aliphatic carbocycles. The van der Waals surface area contributed by atoms with E-state index in [-0.39, 0.29) is 11.6 Å². The number of rotatable bonds is 4. The van der Waals surface area contributed by atoms with Crippen LogP contribution in [0, 0.1) is 0 Å². The summed E-state index contributed by atoms with van der Waals surface area (Å²) < 4.78 is 5.59. The molecular weight excluding hydrogens is 238 g/mol. The van der Waals surface area contributed by atoms with E-state index in [2.05, 4.69) is 10.3 Å². The molecule has 0 amide bonds. The minimum absolute atomic E-state index is 0.0669. The maximum absolute atomic E-state index is 5.82. The van der Waals surface area contributed by atoms with Crippen LogP contribution in [0.4, 0.5) is 0 Å². The molecule has 4 heteroatoms. The number of benzene rings is 1. The number of hydrogen-bond acceptors (Lipinski definition) is 2. The van der Waals surface area contributed by atoms with E-state index < -0.39 is 0 Å². The Bertz CT molecular complexity index is 416. The van der Waals surface area contributed by atoms with Crippen molar-refractivity contribution < 1.29 is 4.74 Å². The average Bonchev–Trinajstić information content (AvgIpc) is 2.25. The zero-order valence-corrected chi connectivity index (χ0v) is 12.5. The number of nitrogens with two attached hydrogens (primary N) is 1. The number of guanidine groups is 1. The van der Waals surface area contributed by atoms with E-state index in [1.807, 2.05) is 58.9 Å². The molecule has 106 valence electrons. The van der Waals surface area contributed by atoms with E-state index in [4.69, 9.17) is 10.5 Å². The van der Waals surface area contributed by atoms with Gasteiger partial charge in [0.2, 0.25) is 0 Å². The molecule has 0 atom stereocenters. The predicted octanol–water partition coefficient (Wildman–Crippen LogP) is 2.68. The van der Waals surface area contributed by atoms with Crippen LogP contribution in [0.2, 0.25) is 0 Å². The summed E-state index contributed by atoms with van der Waals surface area (Å²) in [7, 11) is 0. The van der Waals surface area contributed by atoms with Gasteiger partial charge in [0.05, 0.1) is 12.6 Å². The van der Waals surface area contributed by atoms with Crippen molar-refractivity contribution in [2.24, 2.45) is 10.7 Å². The Kier molecular flexibility index (Phi) is 5.21. The molecule has 0 radical (unpaired) electrons. The first-order valence-electron chi connectivity index (χ1n) is 6.60. The van der Waals surface area contributed by atoms with E-state index in [1.165, 1.54) is 0 Å². The summed E-state index contributed by atoms with van der Waals surface area (Å²) in [5.41, 5.74) is 6.86. The lowest BCUT2D eigenvalue weighted by molar-refractivity contribution is 0.242. The van der Waals surface area contributed by atoms with Crippen LogP contribution in [-0.4, -0.2) is 17.6 Å². The summed E-state index contributed by atoms with van der Waals surface area (Å²) in [4.78, 5) is 4.31. The molecule has 0 heterocycles. The van der Waals surface area contributed by atoms with E-state index in [0.717, 1.165) is 11.3 Å². The maximum Gasteiger partial charge on any atom is 0.189 e. The zero-order chi connectivity index (χ0) is 14.5. The lowest BCUT2D eigenvalue weighted by atomic mass is 10.1. The third-order valence-electron chi connectivity index (χ3n) is 2.23. The van der Waals surface area contributed by atoms with Crippen molar-refractivity contribution in [3.8, 4) is 5.75 Å². The zero-order valence-electron chi connectivity index (χ0n) is 12.5. The molecular formula is C15H25N3O. The highest BCUT2D eigenvalue weighted by molar-refractivity contribution is 5.78. The van der Waals surface area contributed by atoms with Crippen molar-refractivity contribution in [1.29, 1.82) is 0 Å². The molecule has 19 heavy (non-hydrogen) atoms. The highest BCUT2D eigenvalue weighted by atomic mass is 16.5. The smallest absolute Gasteiger partial charge is 0.189 e. The van der Waals surface area contributed by atoms with Crippen molar-refractivity contribution in [1.82, 2.24) is 5.32 Å². The molecule has 0 aliphatic rings. The predicted molar refractivity (Wildman–Crippen MR) is 80.4 cm³/mol. The van der Waals surface area contributed by atoms with Crippen molar-refractivity contribution >= 4 is 5.96 Å². The van der Waals surface area contributed by atoms with Crippen molar-refractivity contribution in [2.45, 2.75) is 52.8 Å². The van der Waals surface area contributed by atoms with Gasteiger partial charge in [-0.05, 0) is 52.3 Å². The molecule has 0 saturated carbocycles. The largest absolute Gasteiger partial charge is 0.491 e. The lowest BCUT2D eigenvalue weighted by Gasteiger charge is -2.21. The van der Waals surface area contributed by atoms with Crippen molar-refractivity contribution in [3.63, 3.8) is 0 Å². The first-order chi connectivity index (χ1) is 8.76. The van der Waals surface area contributed by atoms with Gasteiger partial charge in [0.25, 0.3) is 0 Å². The van der Waals surface area contributed by atoms with Crippen LogP contribution in [-0.2, 0) is 6.54 Å². The van der Waals surface area contributed by atoms with E-state index in [0.29, 0.717) is 12.5 Å². The van der Waals surface area contributed by atoms with Gasteiger partial charge in [-0.3, -0.25) is 0 Å². The molecule has 0 aromatic heterocycles. The number of nitrogens with zero attached hydrogens (tertiary/aromatic N) is 1. The second-order valence-electron chi connectivity index (χ2n) is 5.89. The van der Waals surface area contributed by atoms with Gasteiger partial charge < -0.3 is 15.8 Å². The molecule has 0 unspecified atom stereocenters. The van der Waals surface area contributed by atoms with Gasteiger partial charge in [0.15, 0.2) is 5.96 Å². The summed E-state index contributed by atoms with van der Waals surface area (Å²) in [6.45, 7) is 10.7. The van der Waals surface area contributed by atoms with Gasteiger partial charge in [-0.2, -0.15) is 0 Å². The normalized spacial score (nSPS) is 12.6. The first kappa shape index (κ1) is 15.3. The summed E-state index contributed by atoms with van der Waals surface area (Å²) >= 11 is 0. The number of nitrogens with one attached hydrogen (secondary N) is 1. The molecule has 0 fully saturated rings. The summed E-state index contributed by atoms with van der Waals surface area (Å²) in [6, 6.07) is 7.92. The lowest BCUT2D eigenvalue weighted by Crippen LogP contribution is -2.44. The van der Waals surface area contributed by atoms with Gasteiger partial charge in [-0.25, -0.2) is 4.99 Å². The Balaban J connectivity index is 2.56. The first-order valence-corrected chi connectivity index (χ1v) is 6.60. The number of aliphatic imine (C=N–C) groups is 1. The molecule has 0 spiro atoms. The fourth-order valence-electron chi connectivity index (χ4n) is 1.55. The SMILES string of the molecule is CC(C)Oc1ccc(CN=C(N)NC(C)(C)C)cc1. The second kappa shape index (κ2) is 6.45. The summed E-state index contributed by atoms with van der Waals surface area (Å²) in [6.07, 6.45) is 0.190. The van der Waals surface area contributed by atoms with Crippen LogP contribution in [0.5, 0.6) is 5.75 Å². The highest BCUT2D eigenvalue weighted by Gasteiger charge is 2.09. The van der Waals surface area contributed by atoms with Crippen LogP contribution in [0.25, 0.3) is 0 Å².